The average Bonchev–Trinajstić information content (AvgIpc) is 2.86. The normalized spacial score (nSPS) is 38.8. The number of nitrogens with zero attached hydrogens (tertiary/aromatic N) is 2. The lowest BCUT2D eigenvalue weighted by Gasteiger charge is -2.35. The second kappa shape index (κ2) is 5.67. The number of carbonyl (C=O) groups is 1. The summed E-state index contributed by atoms with van der Waals surface area (Å²) in [6, 6.07) is 1.13. The van der Waals surface area contributed by atoms with Gasteiger partial charge in [-0.2, -0.15) is 0 Å². The maximum absolute atomic E-state index is 12.5. The van der Waals surface area contributed by atoms with Crippen molar-refractivity contribution >= 4 is 5.91 Å². The van der Waals surface area contributed by atoms with Crippen molar-refractivity contribution in [3.8, 4) is 0 Å². The van der Waals surface area contributed by atoms with Crippen molar-refractivity contribution in [3.63, 3.8) is 0 Å². The molecule has 0 spiro atoms. The SMILES string of the molecule is C[C@H]1C[C@@H]2[C@@H](CC(=O)N2C2CCCCC2)[C@@H]1CN(C)C. The summed E-state index contributed by atoms with van der Waals surface area (Å²) < 4.78 is 0. The van der Waals surface area contributed by atoms with Gasteiger partial charge < -0.3 is 9.80 Å². The maximum atomic E-state index is 12.5. The Labute approximate surface area is 123 Å². The summed E-state index contributed by atoms with van der Waals surface area (Å²) >= 11 is 0. The Hall–Kier alpha value is -0.570. The van der Waals surface area contributed by atoms with Gasteiger partial charge in [-0.25, -0.2) is 0 Å². The van der Waals surface area contributed by atoms with Crippen LogP contribution in [0.2, 0.25) is 0 Å². The van der Waals surface area contributed by atoms with E-state index >= 15 is 0 Å². The number of hydrogen-bond acceptors (Lipinski definition) is 2. The fourth-order valence-electron chi connectivity index (χ4n) is 5.11. The molecule has 0 aromatic heterocycles. The molecule has 1 heterocycles. The highest BCUT2D eigenvalue weighted by atomic mass is 16.2. The van der Waals surface area contributed by atoms with Crippen LogP contribution in [0.3, 0.4) is 0 Å². The van der Waals surface area contributed by atoms with Crippen LogP contribution in [0.1, 0.15) is 51.9 Å². The number of rotatable bonds is 3. The van der Waals surface area contributed by atoms with Gasteiger partial charge in [0, 0.05) is 25.0 Å². The number of fused-ring (bicyclic) bond motifs is 1. The second-order valence-corrected chi connectivity index (χ2v) is 7.67. The van der Waals surface area contributed by atoms with E-state index in [-0.39, 0.29) is 0 Å². The van der Waals surface area contributed by atoms with Crippen LogP contribution in [0.25, 0.3) is 0 Å². The van der Waals surface area contributed by atoms with Crippen molar-refractivity contribution in [2.24, 2.45) is 17.8 Å². The van der Waals surface area contributed by atoms with Gasteiger partial charge in [0.05, 0.1) is 0 Å². The number of hydrogen-bond donors (Lipinski definition) is 0. The molecule has 3 fully saturated rings. The van der Waals surface area contributed by atoms with Gasteiger partial charge in [0.1, 0.15) is 0 Å². The predicted octanol–water partition coefficient (Wildman–Crippen LogP) is 2.75. The van der Waals surface area contributed by atoms with E-state index in [9.17, 15) is 4.79 Å². The zero-order chi connectivity index (χ0) is 14.3. The molecule has 0 N–H and O–H groups in total. The molecule has 3 aliphatic rings. The standard InChI is InChI=1S/C17H30N2O/c1-12-9-16-14(15(12)11-18(2)3)10-17(20)19(16)13-7-5-4-6-8-13/h12-16H,4-11H2,1-3H3/t12-,14-,15+,16+/m0/s1. The minimum absolute atomic E-state index is 0.461. The van der Waals surface area contributed by atoms with E-state index in [1.54, 1.807) is 0 Å². The van der Waals surface area contributed by atoms with Crippen LogP contribution in [0.15, 0.2) is 0 Å². The fourth-order valence-corrected chi connectivity index (χ4v) is 5.11. The summed E-state index contributed by atoms with van der Waals surface area (Å²) in [7, 11) is 4.32. The molecule has 0 bridgehead atoms. The Bertz CT molecular complexity index is 362. The Balaban J connectivity index is 1.74. The highest BCUT2D eigenvalue weighted by molar-refractivity contribution is 5.80. The summed E-state index contributed by atoms with van der Waals surface area (Å²) in [5.74, 6) is 2.57. The highest BCUT2D eigenvalue weighted by Crippen LogP contribution is 2.48. The molecule has 3 rings (SSSR count). The molecule has 1 amide bonds. The topological polar surface area (TPSA) is 23.6 Å². The molecule has 1 aliphatic heterocycles. The van der Waals surface area contributed by atoms with E-state index in [2.05, 4.69) is 30.8 Å². The van der Waals surface area contributed by atoms with Crippen LogP contribution in [-0.4, -0.2) is 48.4 Å². The molecule has 0 aromatic carbocycles. The van der Waals surface area contributed by atoms with Crippen LogP contribution in [0.4, 0.5) is 0 Å². The third-order valence-corrected chi connectivity index (χ3v) is 5.99. The molecule has 114 valence electrons. The van der Waals surface area contributed by atoms with Crippen molar-refractivity contribution in [1.82, 2.24) is 9.80 Å². The van der Waals surface area contributed by atoms with Crippen molar-refractivity contribution in [1.29, 1.82) is 0 Å². The van der Waals surface area contributed by atoms with Gasteiger partial charge in [0.25, 0.3) is 0 Å². The summed E-state index contributed by atoms with van der Waals surface area (Å²) in [6.07, 6.45) is 8.58. The van der Waals surface area contributed by atoms with Gasteiger partial charge in [0.15, 0.2) is 0 Å². The first-order chi connectivity index (χ1) is 9.58. The van der Waals surface area contributed by atoms with Gasteiger partial charge in [-0.3, -0.25) is 4.79 Å². The predicted molar refractivity (Wildman–Crippen MR) is 81.4 cm³/mol. The van der Waals surface area contributed by atoms with E-state index in [0.29, 0.717) is 29.8 Å². The van der Waals surface area contributed by atoms with Crippen molar-refractivity contribution in [2.45, 2.75) is 64.0 Å². The molecule has 3 heteroatoms. The first-order valence-electron chi connectivity index (χ1n) is 8.54. The highest BCUT2D eigenvalue weighted by Gasteiger charge is 2.52. The van der Waals surface area contributed by atoms with Crippen molar-refractivity contribution < 1.29 is 4.79 Å². The molecule has 20 heavy (non-hydrogen) atoms. The lowest BCUT2D eigenvalue weighted by molar-refractivity contribution is -0.132. The molecule has 3 nitrogen and oxygen atoms in total. The molecule has 1 saturated heterocycles. The molecular formula is C17H30N2O. The van der Waals surface area contributed by atoms with Crippen LogP contribution in [-0.2, 0) is 4.79 Å². The van der Waals surface area contributed by atoms with Crippen molar-refractivity contribution in [2.75, 3.05) is 20.6 Å². The van der Waals surface area contributed by atoms with E-state index < -0.39 is 0 Å². The van der Waals surface area contributed by atoms with Gasteiger partial charge in [0.2, 0.25) is 5.91 Å². The second-order valence-electron chi connectivity index (χ2n) is 7.67. The Kier molecular flexibility index (Phi) is 4.07. The van der Waals surface area contributed by atoms with Gasteiger partial charge >= 0.3 is 0 Å². The molecule has 2 aliphatic carbocycles. The number of carbonyl (C=O) groups excluding carboxylic acids is 1. The quantitative estimate of drug-likeness (QED) is 0.792. The fraction of sp³-hybridized carbons (Fsp3) is 0.941. The third-order valence-electron chi connectivity index (χ3n) is 5.99. The van der Waals surface area contributed by atoms with Gasteiger partial charge in [-0.1, -0.05) is 26.2 Å². The molecule has 0 radical (unpaired) electrons. The smallest absolute Gasteiger partial charge is 0.223 e. The van der Waals surface area contributed by atoms with E-state index in [1.165, 1.54) is 38.5 Å². The minimum atomic E-state index is 0.461. The number of amides is 1. The van der Waals surface area contributed by atoms with Crippen LogP contribution >= 0.6 is 0 Å². The van der Waals surface area contributed by atoms with Crippen molar-refractivity contribution in [3.05, 3.63) is 0 Å². The Morgan fingerprint density at radius 3 is 2.55 bits per heavy atom. The Morgan fingerprint density at radius 1 is 1.20 bits per heavy atom. The Morgan fingerprint density at radius 2 is 1.90 bits per heavy atom. The van der Waals surface area contributed by atoms with Gasteiger partial charge in [-0.15, -0.1) is 0 Å². The molecule has 0 aromatic rings. The van der Waals surface area contributed by atoms with E-state index in [4.69, 9.17) is 0 Å². The van der Waals surface area contributed by atoms with E-state index in [1.807, 2.05) is 0 Å². The minimum Gasteiger partial charge on any atom is -0.336 e. The third kappa shape index (κ3) is 2.49. The van der Waals surface area contributed by atoms with Crippen LogP contribution in [0, 0.1) is 17.8 Å². The molecule has 4 atom stereocenters. The van der Waals surface area contributed by atoms with Crippen LogP contribution in [0.5, 0.6) is 0 Å². The summed E-state index contributed by atoms with van der Waals surface area (Å²) in [6.45, 7) is 3.55. The summed E-state index contributed by atoms with van der Waals surface area (Å²) in [5, 5.41) is 0. The van der Waals surface area contributed by atoms with E-state index in [0.717, 1.165) is 18.9 Å². The van der Waals surface area contributed by atoms with Gasteiger partial charge in [-0.05, 0) is 51.1 Å². The molecule has 2 saturated carbocycles. The molecular weight excluding hydrogens is 248 g/mol. The lowest BCUT2D eigenvalue weighted by Crippen LogP contribution is -2.43. The zero-order valence-corrected chi connectivity index (χ0v) is 13.3. The largest absolute Gasteiger partial charge is 0.336 e. The summed E-state index contributed by atoms with van der Waals surface area (Å²) in [5.41, 5.74) is 0. The lowest BCUT2D eigenvalue weighted by atomic mass is 9.88. The average molecular weight is 278 g/mol. The first kappa shape index (κ1) is 14.4. The number of likely N-dealkylation sites (tertiary alicyclic amines) is 1. The van der Waals surface area contributed by atoms with Crippen LogP contribution < -0.4 is 0 Å². The monoisotopic (exact) mass is 278 g/mol. The maximum Gasteiger partial charge on any atom is 0.223 e. The first-order valence-corrected chi connectivity index (χ1v) is 8.54. The zero-order valence-electron chi connectivity index (χ0n) is 13.3. The molecule has 0 unspecified atom stereocenters. The summed E-state index contributed by atoms with van der Waals surface area (Å²) in [4.78, 5) is 17.2.